The molecular weight excluding hydrogens is 216 g/mol. The van der Waals surface area contributed by atoms with Crippen molar-refractivity contribution in [2.75, 3.05) is 6.61 Å². The molecule has 0 aliphatic heterocycles. The van der Waals surface area contributed by atoms with Crippen molar-refractivity contribution in [3.05, 3.63) is 35.4 Å². The molecule has 0 spiro atoms. The summed E-state index contributed by atoms with van der Waals surface area (Å²) >= 11 is 0. The molecule has 0 unspecified atom stereocenters. The number of hydrogen-bond donors (Lipinski definition) is 2. The molecule has 0 bridgehead atoms. The van der Waals surface area contributed by atoms with Crippen LogP contribution in [0.3, 0.4) is 0 Å². The first-order valence-corrected chi connectivity index (χ1v) is 5.77. The molecule has 0 aliphatic carbocycles. The number of unbranched alkanes of at least 4 members (excludes halogenated alkanes) is 1. The first-order chi connectivity index (χ1) is 8.11. The monoisotopic (exact) mass is 238 g/mol. The van der Waals surface area contributed by atoms with E-state index in [0.29, 0.717) is 6.61 Å². The van der Waals surface area contributed by atoms with Crippen LogP contribution >= 0.6 is 0 Å². The number of carbonyl (C=O) groups excluding carboxylic acids is 1. The smallest absolute Gasteiger partial charge is 0.421 e. The SMILES string of the molecule is CCCCOC(=O)NN.Cc1ccccc1C. The van der Waals surface area contributed by atoms with Crippen LogP contribution in [-0.4, -0.2) is 12.7 Å². The van der Waals surface area contributed by atoms with Gasteiger partial charge in [0.2, 0.25) is 0 Å². The van der Waals surface area contributed by atoms with E-state index in [0.717, 1.165) is 12.8 Å². The Morgan fingerprint density at radius 3 is 2.18 bits per heavy atom. The lowest BCUT2D eigenvalue weighted by Crippen LogP contribution is -2.30. The highest BCUT2D eigenvalue weighted by Gasteiger charge is 1.94. The van der Waals surface area contributed by atoms with Gasteiger partial charge in [-0.3, -0.25) is 5.43 Å². The van der Waals surface area contributed by atoms with Crippen molar-refractivity contribution >= 4 is 6.09 Å². The average Bonchev–Trinajstić information content (AvgIpc) is 2.34. The summed E-state index contributed by atoms with van der Waals surface area (Å²) in [5, 5.41) is 0. The molecule has 4 nitrogen and oxygen atoms in total. The van der Waals surface area contributed by atoms with E-state index in [1.807, 2.05) is 12.3 Å². The fourth-order valence-electron chi connectivity index (χ4n) is 1.01. The van der Waals surface area contributed by atoms with Gasteiger partial charge < -0.3 is 4.74 Å². The molecule has 0 fully saturated rings. The number of carbonyl (C=O) groups is 1. The molecular formula is C13H22N2O2. The van der Waals surface area contributed by atoms with E-state index in [4.69, 9.17) is 5.84 Å². The number of ether oxygens (including phenoxy) is 1. The van der Waals surface area contributed by atoms with Crippen LogP contribution in [0.2, 0.25) is 0 Å². The van der Waals surface area contributed by atoms with Crippen molar-refractivity contribution in [1.29, 1.82) is 0 Å². The van der Waals surface area contributed by atoms with E-state index in [1.54, 1.807) is 0 Å². The number of aryl methyl sites for hydroxylation is 2. The molecule has 0 heterocycles. The maximum atomic E-state index is 10.2. The van der Waals surface area contributed by atoms with Gasteiger partial charge in [0.05, 0.1) is 6.61 Å². The van der Waals surface area contributed by atoms with Gasteiger partial charge in [-0.25, -0.2) is 10.6 Å². The van der Waals surface area contributed by atoms with Gasteiger partial charge in [-0.05, 0) is 31.4 Å². The molecule has 1 amide bonds. The van der Waals surface area contributed by atoms with Crippen LogP contribution in [0.15, 0.2) is 24.3 Å². The van der Waals surface area contributed by atoms with Gasteiger partial charge in [0, 0.05) is 0 Å². The summed E-state index contributed by atoms with van der Waals surface area (Å²) in [7, 11) is 0. The fourth-order valence-corrected chi connectivity index (χ4v) is 1.01. The first kappa shape index (κ1) is 15.4. The molecule has 0 atom stereocenters. The van der Waals surface area contributed by atoms with Crippen LogP contribution in [0.4, 0.5) is 4.79 Å². The standard InChI is InChI=1S/C8H10.C5H12N2O2/c1-7-5-3-4-6-8(7)2;1-2-3-4-9-5(8)7-6/h3-6H,1-2H3;2-4,6H2,1H3,(H,7,8). The van der Waals surface area contributed by atoms with Crippen molar-refractivity contribution in [3.8, 4) is 0 Å². The summed E-state index contributed by atoms with van der Waals surface area (Å²) in [6, 6.07) is 8.36. The molecule has 1 rings (SSSR count). The number of benzene rings is 1. The molecule has 0 saturated carbocycles. The predicted octanol–water partition coefficient (Wildman–Crippen LogP) is 2.69. The Morgan fingerprint density at radius 1 is 1.29 bits per heavy atom. The van der Waals surface area contributed by atoms with Crippen LogP contribution in [0, 0.1) is 13.8 Å². The second-order valence-electron chi connectivity index (χ2n) is 3.72. The number of rotatable bonds is 3. The second kappa shape index (κ2) is 9.66. The van der Waals surface area contributed by atoms with E-state index < -0.39 is 6.09 Å². The van der Waals surface area contributed by atoms with E-state index in [2.05, 4.69) is 42.8 Å². The minimum absolute atomic E-state index is 0.444. The number of nitrogens with one attached hydrogen (secondary N) is 1. The number of hydrazine groups is 1. The Balaban J connectivity index is 0.000000302. The van der Waals surface area contributed by atoms with Crippen LogP contribution in [-0.2, 0) is 4.74 Å². The Kier molecular flexibility index (Phi) is 8.78. The zero-order valence-corrected chi connectivity index (χ0v) is 10.8. The van der Waals surface area contributed by atoms with Crippen LogP contribution < -0.4 is 11.3 Å². The van der Waals surface area contributed by atoms with Crippen molar-refractivity contribution in [2.45, 2.75) is 33.6 Å². The van der Waals surface area contributed by atoms with Gasteiger partial charge in [0.1, 0.15) is 0 Å². The van der Waals surface area contributed by atoms with Crippen molar-refractivity contribution in [3.63, 3.8) is 0 Å². The van der Waals surface area contributed by atoms with E-state index in [1.165, 1.54) is 11.1 Å². The van der Waals surface area contributed by atoms with Gasteiger partial charge in [0.15, 0.2) is 0 Å². The Bertz CT molecular complexity index is 306. The van der Waals surface area contributed by atoms with Crippen molar-refractivity contribution in [1.82, 2.24) is 5.43 Å². The Labute approximate surface area is 103 Å². The lowest BCUT2D eigenvalue weighted by Gasteiger charge is -2.00. The van der Waals surface area contributed by atoms with Gasteiger partial charge in [-0.2, -0.15) is 0 Å². The summed E-state index contributed by atoms with van der Waals surface area (Å²) in [5.74, 6) is 4.73. The van der Waals surface area contributed by atoms with Gasteiger partial charge in [-0.15, -0.1) is 0 Å². The molecule has 1 aromatic carbocycles. The number of nitrogens with two attached hydrogens (primary N) is 1. The van der Waals surface area contributed by atoms with Crippen LogP contribution in [0.5, 0.6) is 0 Å². The normalized spacial score (nSPS) is 8.94. The predicted molar refractivity (Wildman–Crippen MR) is 69.5 cm³/mol. The molecule has 0 aromatic heterocycles. The van der Waals surface area contributed by atoms with Crippen molar-refractivity contribution in [2.24, 2.45) is 5.84 Å². The highest BCUT2D eigenvalue weighted by Crippen LogP contribution is 2.02. The zero-order chi connectivity index (χ0) is 13.1. The average molecular weight is 238 g/mol. The summed E-state index contributed by atoms with van der Waals surface area (Å²) in [4.78, 5) is 10.2. The topological polar surface area (TPSA) is 64.3 Å². The lowest BCUT2D eigenvalue weighted by atomic mass is 10.1. The fraction of sp³-hybridized carbons (Fsp3) is 0.462. The Morgan fingerprint density at radius 2 is 1.82 bits per heavy atom. The third kappa shape index (κ3) is 8.28. The number of hydrogen-bond acceptors (Lipinski definition) is 3. The Hall–Kier alpha value is -1.55. The van der Waals surface area contributed by atoms with Gasteiger partial charge >= 0.3 is 6.09 Å². The molecule has 17 heavy (non-hydrogen) atoms. The summed E-state index contributed by atoms with van der Waals surface area (Å²) < 4.78 is 4.56. The largest absolute Gasteiger partial charge is 0.449 e. The second-order valence-corrected chi connectivity index (χ2v) is 3.72. The molecule has 3 N–H and O–H groups in total. The highest BCUT2D eigenvalue weighted by atomic mass is 16.5. The maximum absolute atomic E-state index is 10.2. The van der Waals surface area contributed by atoms with Gasteiger partial charge in [0.25, 0.3) is 0 Å². The summed E-state index contributed by atoms with van der Waals surface area (Å²) in [5.41, 5.74) is 4.60. The minimum atomic E-state index is -0.566. The third-order valence-corrected chi connectivity index (χ3v) is 2.27. The maximum Gasteiger partial charge on any atom is 0.421 e. The minimum Gasteiger partial charge on any atom is -0.449 e. The molecule has 4 heteroatoms. The van der Waals surface area contributed by atoms with Crippen LogP contribution in [0.1, 0.15) is 30.9 Å². The van der Waals surface area contributed by atoms with E-state index in [9.17, 15) is 4.79 Å². The van der Waals surface area contributed by atoms with Gasteiger partial charge in [-0.1, -0.05) is 37.6 Å². The summed E-state index contributed by atoms with van der Waals surface area (Å²) in [6.45, 7) is 6.70. The van der Waals surface area contributed by atoms with Crippen molar-refractivity contribution < 1.29 is 9.53 Å². The molecule has 1 aromatic rings. The number of amides is 1. The molecule has 0 saturated heterocycles. The molecule has 0 aliphatic rings. The molecule has 96 valence electrons. The first-order valence-electron chi connectivity index (χ1n) is 5.77. The summed E-state index contributed by atoms with van der Waals surface area (Å²) in [6.07, 6.45) is 1.33. The third-order valence-electron chi connectivity index (χ3n) is 2.27. The lowest BCUT2D eigenvalue weighted by molar-refractivity contribution is 0.144. The van der Waals surface area contributed by atoms with E-state index in [-0.39, 0.29) is 0 Å². The zero-order valence-electron chi connectivity index (χ0n) is 10.8. The quantitative estimate of drug-likeness (QED) is 0.368. The highest BCUT2D eigenvalue weighted by molar-refractivity contribution is 5.66. The van der Waals surface area contributed by atoms with E-state index >= 15 is 0 Å². The molecule has 0 radical (unpaired) electrons. The van der Waals surface area contributed by atoms with Crippen LogP contribution in [0.25, 0.3) is 0 Å².